The van der Waals surface area contributed by atoms with Crippen LogP contribution in [0.1, 0.15) is 38.8 Å². The Kier molecular flexibility index (Phi) is 7.43. The van der Waals surface area contributed by atoms with Gasteiger partial charge in [-0.05, 0) is 67.9 Å². The number of rotatable bonds is 7. The molecule has 2 heterocycles. The number of hydrogen-bond acceptors (Lipinski definition) is 6. The van der Waals surface area contributed by atoms with E-state index in [9.17, 15) is 22.8 Å². The maximum Gasteiger partial charge on any atom is 0.416 e. The van der Waals surface area contributed by atoms with Gasteiger partial charge in [0.1, 0.15) is 5.52 Å². The van der Waals surface area contributed by atoms with E-state index in [-0.39, 0.29) is 17.9 Å². The van der Waals surface area contributed by atoms with Crippen LogP contribution in [0.15, 0.2) is 79.0 Å². The Morgan fingerprint density at radius 2 is 1.71 bits per heavy atom. The summed E-state index contributed by atoms with van der Waals surface area (Å²) in [7, 11) is 0. The molecule has 0 unspecified atom stereocenters. The number of carbonyl (C=O) groups is 2. The fourth-order valence-corrected chi connectivity index (χ4v) is 4.14. The molecule has 0 spiro atoms. The molecule has 0 aliphatic heterocycles. The lowest BCUT2D eigenvalue weighted by atomic mass is 10.1. The number of nitrogens with one attached hydrogen (secondary N) is 3. The average Bonchev–Trinajstić information content (AvgIpc) is 3.43. The molecule has 3 aromatic carbocycles. The van der Waals surface area contributed by atoms with Crippen LogP contribution in [0.4, 0.5) is 30.4 Å². The molecule has 5 rings (SSSR count). The van der Waals surface area contributed by atoms with Crippen molar-refractivity contribution in [1.82, 2.24) is 15.0 Å². The molecule has 0 atom stereocenters. The predicted octanol–water partition coefficient (Wildman–Crippen LogP) is 7.12. The predicted molar refractivity (Wildman–Crippen MR) is 149 cm³/mol. The number of anilines is 3. The van der Waals surface area contributed by atoms with Crippen molar-refractivity contribution < 1.29 is 27.5 Å². The number of fused-ring (bicyclic) bond motifs is 1. The summed E-state index contributed by atoms with van der Waals surface area (Å²) >= 11 is 0. The highest BCUT2D eigenvalue weighted by Gasteiger charge is 2.30. The molecule has 8 nitrogen and oxygen atoms in total. The van der Waals surface area contributed by atoms with Crippen LogP contribution in [0.25, 0.3) is 22.4 Å². The van der Waals surface area contributed by atoms with E-state index in [4.69, 9.17) is 4.74 Å². The summed E-state index contributed by atoms with van der Waals surface area (Å²) < 4.78 is 44.3. The molecule has 0 saturated heterocycles. The Morgan fingerprint density at radius 3 is 2.44 bits per heavy atom. The molecular weight excluding hydrogens is 535 g/mol. The number of H-pyrrole nitrogens is 1. The topological polar surface area (TPSA) is 109 Å². The number of aryl methyl sites for hydroxylation is 1. The van der Waals surface area contributed by atoms with Gasteiger partial charge in [-0.15, -0.1) is 0 Å². The third kappa shape index (κ3) is 6.03. The number of benzene rings is 3. The van der Waals surface area contributed by atoms with Crippen LogP contribution < -0.4 is 10.6 Å². The van der Waals surface area contributed by atoms with Crippen LogP contribution in [-0.2, 0) is 10.9 Å². The first kappa shape index (κ1) is 27.4. The summed E-state index contributed by atoms with van der Waals surface area (Å²) in [5.41, 5.74) is 3.15. The summed E-state index contributed by atoms with van der Waals surface area (Å²) in [6.45, 7) is 3.86. The van der Waals surface area contributed by atoms with Crippen LogP contribution in [0, 0.1) is 6.92 Å². The molecule has 0 aliphatic carbocycles. The number of halogens is 3. The molecule has 11 heteroatoms. The molecule has 208 valence electrons. The Bertz CT molecular complexity index is 1750. The molecule has 41 heavy (non-hydrogen) atoms. The van der Waals surface area contributed by atoms with Crippen LogP contribution in [0.5, 0.6) is 0 Å². The van der Waals surface area contributed by atoms with Crippen molar-refractivity contribution in [3.63, 3.8) is 0 Å². The van der Waals surface area contributed by atoms with Gasteiger partial charge in [-0.3, -0.25) is 4.79 Å². The van der Waals surface area contributed by atoms with Gasteiger partial charge in [0.25, 0.3) is 5.91 Å². The zero-order chi connectivity index (χ0) is 29.1. The molecule has 0 radical (unpaired) electrons. The number of carbonyl (C=O) groups excluding carboxylic acids is 2. The molecule has 1 amide bonds. The van der Waals surface area contributed by atoms with Gasteiger partial charge in [0.2, 0.25) is 0 Å². The maximum atomic E-state index is 13.1. The van der Waals surface area contributed by atoms with Gasteiger partial charge in [-0.1, -0.05) is 24.3 Å². The number of alkyl halides is 3. The highest BCUT2D eigenvalue weighted by molar-refractivity contribution is 6.05. The van der Waals surface area contributed by atoms with Crippen molar-refractivity contribution in [2.24, 2.45) is 0 Å². The largest absolute Gasteiger partial charge is 0.462 e. The van der Waals surface area contributed by atoms with Gasteiger partial charge in [0, 0.05) is 28.7 Å². The Labute approximate surface area is 232 Å². The lowest BCUT2D eigenvalue weighted by Crippen LogP contribution is -2.13. The third-order valence-electron chi connectivity index (χ3n) is 6.26. The van der Waals surface area contributed by atoms with E-state index >= 15 is 0 Å². The van der Waals surface area contributed by atoms with Gasteiger partial charge >= 0.3 is 12.1 Å². The van der Waals surface area contributed by atoms with Crippen LogP contribution in [-0.4, -0.2) is 33.4 Å². The molecule has 0 aliphatic rings. The first-order valence-electron chi connectivity index (χ1n) is 12.6. The quantitative estimate of drug-likeness (QED) is 0.183. The number of ether oxygens (including phenoxy) is 1. The molecular formula is C30H24F3N5O3. The molecule has 3 N–H and O–H groups in total. The second-order valence-electron chi connectivity index (χ2n) is 9.12. The summed E-state index contributed by atoms with van der Waals surface area (Å²) in [6, 6.07) is 17.9. The Hall–Kier alpha value is -5.19. The summed E-state index contributed by atoms with van der Waals surface area (Å²) in [4.78, 5) is 37.4. The van der Waals surface area contributed by atoms with E-state index < -0.39 is 23.6 Å². The van der Waals surface area contributed by atoms with Crippen molar-refractivity contribution >= 4 is 40.1 Å². The monoisotopic (exact) mass is 559 g/mol. The zero-order valence-electron chi connectivity index (χ0n) is 22.0. The number of aromatic nitrogens is 3. The molecule has 2 aromatic heterocycles. The van der Waals surface area contributed by atoms with Crippen molar-refractivity contribution in [3.8, 4) is 11.4 Å². The van der Waals surface area contributed by atoms with Crippen molar-refractivity contribution in [3.05, 3.63) is 101 Å². The second-order valence-corrected chi connectivity index (χ2v) is 9.12. The van der Waals surface area contributed by atoms with Crippen LogP contribution in [0.3, 0.4) is 0 Å². The third-order valence-corrected chi connectivity index (χ3v) is 6.26. The van der Waals surface area contributed by atoms with E-state index in [1.807, 2.05) is 6.92 Å². The molecule has 0 saturated carbocycles. The van der Waals surface area contributed by atoms with Gasteiger partial charge in [-0.2, -0.15) is 13.2 Å². The van der Waals surface area contributed by atoms with E-state index in [0.29, 0.717) is 39.5 Å². The minimum atomic E-state index is -4.52. The normalized spacial score (nSPS) is 11.3. The van der Waals surface area contributed by atoms with E-state index in [0.717, 1.165) is 17.7 Å². The lowest BCUT2D eigenvalue weighted by Gasteiger charge is -2.14. The van der Waals surface area contributed by atoms with Gasteiger partial charge < -0.3 is 20.4 Å². The first-order valence-corrected chi connectivity index (χ1v) is 12.6. The number of amides is 1. The summed E-state index contributed by atoms with van der Waals surface area (Å²) in [5, 5.41) is 5.79. The summed E-state index contributed by atoms with van der Waals surface area (Å²) in [6.07, 6.45) is -2.80. The van der Waals surface area contributed by atoms with Gasteiger partial charge in [-0.25, -0.2) is 14.8 Å². The second kappa shape index (κ2) is 11.1. The smallest absolute Gasteiger partial charge is 0.416 e. The Balaban J connectivity index is 1.42. The molecule has 0 bridgehead atoms. The number of hydrogen-bond donors (Lipinski definition) is 3. The summed E-state index contributed by atoms with van der Waals surface area (Å²) in [5.74, 6) is -0.132. The van der Waals surface area contributed by atoms with E-state index in [1.54, 1.807) is 61.7 Å². The van der Waals surface area contributed by atoms with Crippen LogP contribution >= 0.6 is 0 Å². The number of aromatic amines is 1. The first-order chi connectivity index (χ1) is 19.6. The SMILES string of the molecule is CCOC(=O)c1ccc(-c2nc(Nc3cc(C(=O)Nc4cccc(C(F)(F)F)c4)ccc3C)c3[nH]ccc3n2)cc1. The van der Waals surface area contributed by atoms with Gasteiger partial charge in [0.15, 0.2) is 11.6 Å². The average molecular weight is 560 g/mol. The van der Waals surface area contributed by atoms with Crippen molar-refractivity contribution in [1.29, 1.82) is 0 Å². The minimum Gasteiger partial charge on any atom is -0.462 e. The van der Waals surface area contributed by atoms with Crippen LogP contribution in [0.2, 0.25) is 0 Å². The fourth-order valence-electron chi connectivity index (χ4n) is 4.14. The zero-order valence-corrected chi connectivity index (χ0v) is 22.0. The number of esters is 1. The maximum absolute atomic E-state index is 13.1. The lowest BCUT2D eigenvalue weighted by molar-refractivity contribution is -0.137. The number of nitrogens with zero attached hydrogens (tertiary/aromatic N) is 2. The fraction of sp³-hybridized carbons (Fsp3) is 0.133. The highest BCUT2D eigenvalue weighted by atomic mass is 19.4. The molecule has 0 fully saturated rings. The van der Waals surface area contributed by atoms with Crippen molar-refractivity contribution in [2.75, 3.05) is 17.2 Å². The standard InChI is InChI=1S/C30H24F3N5O3/c1-3-41-29(40)19-11-9-18(10-12-19)26-36-23-13-14-34-25(23)27(38-26)37-24-15-20(8-7-17(24)2)28(39)35-22-6-4-5-21(16-22)30(31,32)33/h4-16,34H,3H2,1-2H3,(H,35,39)(H,36,37,38). The minimum absolute atomic E-state index is 0.0300. The van der Waals surface area contributed by atoms with E-state index in [2.05, 4.69) is 25.6 Å². The van der Waals surface area contributed by atoms with Crippen molar-refractivity contribution in [2.45, 2.75) is 20.0 Å². The highest BCUT2D eigenvalue weighted by Crippen LogP contribution is 2.31. The Morgan fingerprint density at radius 1 is 0.951 bits per heavy atom. The van der Waals surface area contributed by atoms with Gasteiger partial charge in [0.05, 0.1) is 23.3 Å². The van der Waals surface area contributed by atoms with E-state index in [1.165, 1.54) is 12.1 Å². The molecule has 5 aromatic rings.